The molecule has 3 N–H and O–H groups in total. The Bertz CT molecular complexity index is 2070. The molecule has 258 valence electrons. The first-order valence-electron chi connectivity index (χ1n) is 15.6. The molecule has 0 saturated carbocycles. The monoisotopic (exact) mass is 721 g/mol. The molecular weight excluding hydrogens is 691 g/mol. The van der Waals surface area contributed by atoms with Crippen LogP contribution in [-0.4, -0.2) is 40.2 Å². The summed E-state index contributed by atoms with van der Waals surface area (Å²) in [5.41, 5.74) is 1.50. The molecule has 51 heavy (non-hydrogen) atoms. The van der Waals surface area contributed by atoms with Crippen LogP contribution in [0, 0.1) is 10.1 Å². The fraction of sp³-hybridized carbons (Fsp3) is 0.108. The normalized spacial score (nSPS) is 11.6. The van der Waals surface area contributed by atoms with Gasteiger partial charge in [0.2, 0.25) is 5.91 Å². The lowest BCUT2D eigenvalue weighted by Gasteiger charge is -2.17. The Morgan fingerprint density at radius 3 is 2.35 bits per heavy atom. The number of rotatable bonds is 14. The summed E-state index contributed by atoms with van der Waals surface area (Å²) >= 11 is 2.43. The largest absolute Gasteiger partial charge is 0.466 e. The SMILES string of the molecule is CCOC(=O)Cc1csc(NC(=O)C(Sc2cccc(NC(=O)/C(=C\c3ccccc3[N+](=O)[O-])NC(=O)c3ccccc3)c2)c2ccccc2)n1. The number of esters is 1. The number of benzene rings is 4. The van der Waals surface area contributed by atoms with Crippen molar-refractivity contribution in [1.29, 1.82) is 0 Å². The maximum atomic E-state index is 13.7. The highest BCUT2D eigenvalue weighted by molar-refractivity contribution is 8.00. The molecule has 5 aromatic rings. The zero-order valence-corrected chi connectivity index (χ0v) is 28.7. The molecule has 0 aliphatic heterocycles. The van der Waals surface area contributed by atoms with Crippen LogP contribution in [0.5, 0.6) is 0 Å². The molecule has 0 aliphatic carbocycles. The second-order valence-corrected chi connectivity index (χ2v) is 12.7. The van der Waals surface area contributed by atoms with Crippen molar-refractivity contribution in [3.8, 4) is 0 Å². The summed E-state index contributed by atoms with van der Waals surface area (Å²) in [4.78, 5) is 68.4. The Balaban J connectivity index is 1.37. The lowest BCUT2D eigenvalue weighted by Crippen LogP contribution is -2.30. The molecule has 0 spiro atoms. The molecule has 14 heteroatoms. The number of nitro groups is 1. The highest BCUT2D eigenvalue weighted by Gasteiger charge is 2.24. The molecule has 0 radical (unpaired) electrons. The highest BCUT2D eigenvalue weighted by atomic mass is 32.2. The van der Waals surface area contributed by atoms with Gasteiger partial charge in [-0.1, -0.05) is 66.7 Å². The van der Waals surface area contributed by atoms with Crippen LogP contribution < -0.4 is 16.0 Å². The summed E-state index contributed by atoms with van der Waals surface area (Å²) in [6.07, 6.45) is 1.24. The standard InChI is InChI=1S/C37H31N5O7S2/c1-2-49-32(43)22-28-23-50-37(39-28)41-36(46)33(24-12-5-3-6-13-24)51-29-18-11-17-27(21-29)38-35(45)30(40-34(44)25-14-7-4-8-15-25)20-26-16-9-10-19-31(26)42(47)48/h3-21,23,33H,2,22H2,1H3,(H,38,45)(H,40,44)(H,39,41,46)/b30-20+. The molecule has 5 rings (SSSR count). The second-order valence-electron chi connectivity index (χ2n) is 10.7. The number of nitrogens with one attached hydrogen (secondary N) is 3. The van der Waals surface area contributed by atoms with Gasteiger partial charge in [-0.25, -0.2) is 4.98 Å². The molecule has 0 saturated heterocycles. The second kappa shape index (κ2) is 17.5. The molecule has 12 nitrogen and oxygen atoms in total. The summed E-state index contributed by atoms with van der Waals surface area (Å²) in [5.74, 6) is -2.06. The number of anilines is 2. The van der Waals surface area contributed by atoms with Crippen LogP contribution in [0.2, 0.25) is 0 Å². The van der Waals surface area contributed by atoms with Crippen molar-refractivity contribution < 1.29 is 28.8 Å². The summed E-state index contributed by atoms with van der Waals surface area (Å²) in [7, 11) is 0. The maximum absolute atomic E-state index is 13.7. The molecule has 1 heterocycles. The van der Waals surface area contributed by atoms with Gasteiger partial charge in [0.05, 0.1) is 29.2 Å². The topological polar surface area (TPSA) is 170 Å². The quantitative estimate of drug-likeness (QED) is 0.0358. The van der Waals surface area contributed by atoms with E-state index in [-0.39, 0.29) is 41.4 Å². The number of aromatic nitrogens is 1. The number of nitrogens with zero attached hydrogens (tertiary/aromatic N) is 2. The molecular formula is C37H31N5O7S2. The van der Waals surface area contributed by atoms with E-state index in [1.807, 2.05) is 30.3 Å². The minimum atomic E-state index is -0.728. The van der Waals surface area contributed by atoms with Crippen LogP contribution in [0.15, 0.2) is 125 Å². The van der Waals surface area contributed by atoms with Crippen molar-refractivity contribution in [3.63, 3.8) is 0 Å². The Labute approximate surface area is 301 Å². The van der Waals surface area contributed by atoms with Crippen LogP contribution in [0.1, 0.15) is 39.4 Å². The molecule has 4 aromatic carbocycles. The van der Waals surface area contributed by atoms with Crippen molar-refractivity contribution in [2.45, 2.75) is 23.5 Å². The highest BCUT2D eigenvalue weighted by Crippen LogP contribution is 2.37. The van der Waals surface area contributed by atoms with Gasteiger partial charge in [0.1, 0.15) is 10.9 Å². The van der Waals surface area contributed by atoms with Crippen LogP contribution in [0.25, 0.3) is 6.08 Å². The third kappa shape index (κ3) is 10.2. The van der Waals surface area contributed by atoms with Gasteiger partial charge in [-0.2, -0.15) is 0 Å². The fourth-order valence-corrected chi connectivity index (χ4v) is 6.53. The third-order valence-electron chi connectivity index (χ3n) is 7.06. The predicted octanol–water partition coefficient (Wildman–Crippen LogP) is 7.04. The van der Waals surface area contributed by atoms with Gasteiger partial charge in [0.15, 0.2) is 5.13 Å². The first-order valence-corrected chi connectivity index (χ1v) is 17.3. The van der Waals surface area contributed by atoms with Gasteiger partial charge >= 0.3 is 5.97 Å². The maximum Gasteiger partial charge on any atom is 0.311 e. The average Bonchev–Trinajstić information content (AvgIpc) is 3.57. The molecule has 0 bridgehead atoms. The lowest BCUT2D eigenvalue weighted by atomic mass is 10.1. The fourth-order valence-electron chi connectivity index (χ4n) is 4.73. The van der Waals surface area contributed by atoms with Crippen LogP contribution in [0.3, 0.4) is 0 Å². The zero-order chi connectivity index (χ0) is 36.2. The van der Waals surface area contributed by atoms with Gasteiger partial charge in [-0.05, 0) is 55.0 Å². The summed E-state index contributed by atoms with van der Waals surface area (Å²) in [6, 6.07) is 30.0. The van der Waals surface area contributed by atoms with E-state index >= 15 is 0 Å². The van der Waals surface area contributed by atoms with Crippen molar-refractivity contribution in [3.05, 3.63) is 153 Å². The van der Waals surface area contributed by atoms with E-state index in [1.165, 1.54) is 47.4 Å². The van der Waals surface area contributed by atoms with Crippen molar-refractivity contribution in [2.24, 2.45) is 0 Å². The summed E-state index contributed by atoms with van der Waals surface area (Å²) < 4.78 is 4.98. The Hall–Kier alpha value is -6.12. The number of hydrogen-bond acceptors (Lipinski definition) is 10. The number of thioether (sulfide) groups is 1. The number of hydrogen-bond donors (Lipinski definition) is 3. The number of para-hydroxylation sites is 1. The smallest absolute Gasteiger partial charge is 0.311 e. The molecule has 0 aliphatic rings. The van der Waals surface area contributed by atoms with Crippen LogP contribution >= 0.6 is 23.1 Å². The van der Waals surface area contributed by atoms with E-state index < -0.39 is 28.0 Å². The van der Waals surface area contributed by atoms with E-state index in [0.717, 1.165) is 5.56 Å². The third-order valence-corrected chi connectivity index (χ3v) is 9.12. The predicted molar refractivity (Wildman–Crippen MR) is 196 cm³/mol. The molecule has 3 amide bonds. The van der Waals surface area contributed by atoms with E-state index in [2.05, 4.69) is 20.9 Å². The van der Waals surface area contributed by atoms with E-state index in [0.29, 0.717) is 21.4 Å². The van der Waals surface area contributed by atoms with E-state index in [9.17, 15) is 29.3 Å². The Morgan fingerprint density at radius 2 is 1.63 bits per heavy atom. The van der Waals surface area contributed by atoms with Gasteiger partial charge in [0, 0.05) is 27.6 Å². The van der Waals surface area contributed by atoms with Gasteiger partial charge in [-0.15, -0.1) is 23.1 Å². The van der Waals surface area contributed by atoms with Crippen molar-refractivity contribution in [2.75, 3.05) is 17.2 Å². The Kier molecular flexibility index (Phi) is 12.4. The molecule has 1 unspecified atom stereocenters. The van der Waals surface area contributed by atoms with Crippen molar-refractivity contribution in [1.82, 2.24) is 10.3 Å². The van der Waals surface area contributed by atoms with Crippen LogP contribution in [-0.2, 0) is 25.5 Å². The minimum Gasteiger partial charge on any atom is -0.466 e. The lowest BCUT2D eigenvalue weighted by molar-refractivity contribution is -0.385. The van der Waals surface area contributed by atoms with Crippen LogP contribution in [0.4, 0.5) is 16.5 Å². The van der Waals surface area contributed by atoms with E-state index in [1.54, 1.807) is 73.0 Å². The first-order chi connectivity index (χ1) is 24.7. The molecule has 0 fully saturated rings. The molecule has 1 aromatic heterocycles. The molecule has 1 atom stereocenters. The van der Waals surface area contributed by atoms with Crippen molar-refractivity contribution >= 4 is 69.4 Å². The number of carbonyl (C=O) groups excluding carboxylic acids is 4. The van der Waals surface area contributed by atoms with Gasteiger partial charge in [0.25, 0.3) is 17.5 Å². The minimum absolute atomic E-state index is 0.00926. The summed E-state index contributed by atoms with van der Waals surface area (Å²) in [6.45, 7) is 1.98. The number of carbonyl (C=O) groups is 4. The zero-order valence-electron chi connectivity index (χ0n) is 27.1. The number of nitro benzene ring substituents is 1. The van der Waals surface area contributed by atoms with Gasteiger partial charge < -0.3 is 20.7 Å². The van der Waals surface area contributed by atoms with E-state index in [4.69, 9.17) is 4.74 Å². The number of thiazole rings is 1. The summed E-state index contributed by atoms with van der Waals surface area (Å²) in [5, 5.41) is 21.2. The number of ether oxygens (including phenoxy) is 1. The van der Waals surface area contributed by atoms with Gasteiger partial charge in [-0.3, -0.25) is 29.3 Å². The first kappa shape index (κ1) is 36.2. The average molecular weight is 722 g/mol. The Morgan fingerprint density at radius 1 is 0.922 bits per heavy atom. The number of amides is 3.